The molecule has 2 amide bonds. The van der Waals surface area contributed by atoms with E-state index in [4.69, 9.17) is 11.0 Å². The fraction of sp³-hybridized carbons (Fsp3) is 0. The van der Waals surface area contributed by atoms with Crippen LogP contribution in [-0.4, -0.2) is 6.03 Å². The summed E-state index contributed by atoms with van der Waals surface area (Å²) in [6, 6.07) is 6.34. The van der Waals surface area contributed by atoms with Gasteiger partial charge in [-0.25, -0.2) is 4.79 Å². The molecule has 5 nitrogen and oxygen atoms in total. The number of amides is 2. The van der Waals surface area contributed by atoms with Crippen LogP contribution in [0, 0.1) is 10.7 Å². The molecule has 6 heteroatoms. The highest BCUT2D eigenvalue weighted by Crippen LogP contribution is 2.18. The summed E-state index contributed by atoms with van der Waals surface area (Å²) in [6.45, 7) is 0. The Morgan fingerprint density at radius 1 is 1.43 bits per heavy atom. The molecule has 72 valence electrons. The van der Waals surface area contributed by atoms with Crippen molar-refractivity contribution in [3.05, 3.63) is 24.3 Å². The second-order valence-electron chi connectivity index (χ2n) is 2.33. The molecule has 1 aromatic carbocycles. The van der Waals surface area contributed by atoms with Crippen LogP contribution in [0.1, 0.15) is 0 Å². The summed E-state index contributed by atoms with van der Waals surface area (Å²) in [7, 11) is 0. The van der Waals surface area contributed by atoms with Gasteiger partial charge in [0, 0.05) is 4.90 Å². The molecule has 0 aliphatic heterocycles. The van der Waals surface area contributed by atoms with Crippen molar-refractivity contribution < 1.29 is 4.79 Å². The van der Waals surface area contributed by atoms with Crippen molar-refractivity contribution in [3.8, 4) is 5.40 Å². The number of nitrogens with two attached hydrogens (primary N) is 1. The van der Waals surface area contributed by atoms with Gasteiger partial charge in [-0.3, -0.25) is 10.9 Å². The summed E-state index contributed by atoms with van der Waals surface area (Å²) >= 11 is 1.07. The molecule has 0 aliphatic carbocycles. The molecule has 0 fully saturated rings. The number of benzene rings is 1. The first-order valence-electron chi connectivity index (χ1n) is 3.70. The van der Waals surface area contributed by atoms with Crippen LogP contribution in [0.5, 0.6) is 0 Å². The number of nitrogens with zero attached hydrogens (tertiary/aromatic N) is 1. The lowest BCUT2D eigenvalue weighted by Crippen LogP contribution is -2.34. The van der Waals surface area contributed by atoms with Gasteiger partial charge in [0.05, 0.1) is 5.69 Å². The monoisotopic (exact) mass is 208 g/mol. The number of hydrazine groups is 1. The third-order valence-corrected chi connectivity index (χ3v) is 1.95. The number of hydrogen-bond acceptors (Lipinski definition) is 4. The molecule has 0 radical (unpaired) electrons. The van der Waals surface area contributed by atoms with Crippen LogP contribution in [0.4, 0.5) is 10.5 Å². The largest absolute Gasteiger partial charge is 0.350 e. The van der Waals surface area contributed by atoms with Crippen molar-refractivity contribution in [2.24, 2.45) is 5.73 Å². The maximum absolute atomic E-state index is 10.3. The highest BCUT2D eigenvalue weighted by molar-refractivity contribution is 8.03. The minimum Gasteiger partial charge on any atom is -0.350 e. The number of nitriles is 1. The molecular formula is C8H8N4OS. The van der Waals surface area contributed by atoms with Crippen LogP contribution in [-0.2, 0) is 0 Å². The van der Waals surface area contributed by atoms with Crippen molar-refractivity contribution in [2.75, 3.05) is 5.43 Å². The Morgan fingerprint density at radius 3 is 2.57 bits per heavy atom. The molecule has 14 heavy (non-hydrogen) atoms. The van der Waals surface area contributed by atoms with Gasteiger partial charge in [-0.1, -0.05) is 0 Å². The zero-order chi connectivity index (χ0) is 10.4. The van der Waals surface area contributed by atoms with E-state index in [2.05, 4.69) is 10.9 Å². The summed E-state index contributed by atoms with van der Waals surface area (Å²) in [5.74, 6) is 0. The van der Waals surface area contributed by atoms with Crippen LogP contribution in [0.2, 0.25) is 0 Å². The van der Waals surface area contributed by atoms with E-state index in [9.17, 15) is 4.79 Å². The summed E-state index contributed by atoms with van der Waals surface area (Å²) in [4.78, 5) is 11.2. The molecule has 0 heterocycles. The number of primary amides is 1. The van der Waals surface area contributed by atoms with Crippen LogP contribution < -0.4 is 16.6 Å². The molecule has 0 aliphatic rings. The van der Waals surface area contributed by atoms with Gasteiger partial charge in [0.1, 0.15) is 5.40 Å². The highest BCUT2D eigenvalue weighted by Gasteiger charge is 1.94. The standard InChI is InChI=1S/C8H8N4OS/c9-5-14-7-3-1-6(2-4-7)11-12-8(10)13/h1-4,11H,(H3,10,12,13). The third-order valence-electron chi connectivity index (χ3n) is 1.35. The number of thiocyanates is 1. The quantitative estimate of drug-likeness (QED) is 0.396. The summed E-state index contributed by atoms with van der Waals surface area (Å²) in [5.41, 5.74) is 10.4. The lowest BCUT2D eigenvalue weighted by atomic mass is 10.3. The Kier molecular flexibility index (Phi) is 3.64. The van der Waals surface area contributed by atoms with Gasteiger partial charge in [0.25, 0.3) is 0 Å². The summed E-state index contributed by atoms with van der Waals surface area (Å²) in [5, 5.41) is 10.3. The number of hydrogen-bond donors (Lipinski definition) is 3. The van der Waals surface area contributed by atoms with E-state index in [0.29, 0.717) is 5.69 Å². The van der Waals surface area contributed by atoms with Gasteiger partial charge in [-0.05, 0) is 36.0 Å². The van der Waals surface area contributed by atoms with Crippen molar-refractivity contribution in [1.82, 2.24) is 5.43 Å². The van der Waals surface area contributed by atoms with Crippen molar-refractivity contribution in [2.45, 2.75) is 4.90 Å². The van der Waals surface area contributed by atoms with Gasteiger partial charge < -0.3 is 5.73 Å². The van der Waals surface area contributed by atoms with E-state index >= 15 is 0 Å². The third kappa shape index (κ3) is 3.25. The minimum atomic E-state index is -0.652. The lowest BCUT2D eigenvalue weighted by Gasteiger charge is -2.05. The second-order valence-corrected chi connectivity index (χ2v) is 3.19. The zero-order valence-electron chi connectivity index (χ0n) is 7.15. The number of rotatable bonds is 3. The summed E-state index contributed by atoms with van der Waals surface area (Å²) in [6.07, 6.45) is 0. The Bertz CT molecular complexity index is 357. The predicted octanol–water partition coefficient (Wildman–Crippen LogP) is 1.25. The van der Waals surface area contributed by atoms with Crippen molar-refractivity contribution in [3.63, 3.8) is 0 Å². The Balaban J connectivity index is 2.56. The first-order chi connectivity index (χ1) is 6.72. The molecule has 0 saturated heterocycles. The molecule has 0 bridgehead atoms. The van der Waals surface area contributed by atoms with E-state index in [0.717, 1.165) is 16.7 Å². The number of carbonyl (C=O) groups excluding carboxylic acids is 1. The Hall–Kier alpha value is -1.87. The van der Waals surface area contributed by atoms with Gasteiger partial charge in [-0.2, -0.15) is 5.26 Å². The first kappa shape index (κ1) is 10.2. The molecule has 0 unspecified atom stereocenters. The number of nitrogens with one attached hydrogen (secondary N) is 2. The number of anilines is 1. The molecule has 0 saturated carbocycles. The van der Waals surface area contributed by atoms with Gasteiger partial charge in [0.2, 0.25) is 0 Å². The molecule has 1 aromatic rings. The number of thioether (sulfide) groups is 1. The fourth-order valence-electron chi connectivity index (χ4n) is 0.793. The molecule has 1 rings (SSSR count). The van der Waals surface area contributed by atoms with Gasteiger partial charge in [0.15, 0.2) is 0 Å². The van der Waals surface area contributed by atoms with Gasteiger partial charge in [-0.15, -0.1) is 0 Å². The van der Waals surface area contributed by atoms with Crippen molar-refractivity contribution in [1.29, 1.82) is 5.26 Å². The Morgan fingerprint density at radius 2 is 2.07 bits per heavy atom. The molecule has 0 aromatic heterocycles. The second kappa shape index (κ2) is 4.99. The van der Waals surface area contributed by atoms with Gasteiger partial charge >= 0.3 is 6.03 Å². The molecule has 0 atom stereocenters. The maximum atomic E-state index is 10.3. The lowest BCUT2D eigenvalue weighted by molar-refractivity contribution is 0.250. The van der Waals surface area contributed by atoms with E-state index in [-0.39, 0.29) is 0 Å². The normalized spacial score (nSPS) is 8.79. The molecular weight excluding hydrogens is 200 g/mol. The van der Waals surface area contributed by atoms with Crippen LogP contribution in [0.25, 0.3) is 0 Å². The van der Waals surface area contributed by atoms with Crippen LogP contribution >= 0.6 is 11.8 Å². The molecule has 4 N–H and O–H groups in total. The van der Waals surface area contributed by atoms with E-state index in [1.165, 1.54) is 0 Å². The number of urea groups is 1. The minimum absolute atomic E-state index is 0.652. The average Bonchev–Trinajstić information content (AvgIpc) is 2.17. The van der Waals surface area contributed by atoms with Crippen LogP contribution in [0.15, 0.2) is 29.2 Å². The van der Waals surface area contributed by atoms with E-state index in [1.807, 2.05) is 5.40 Å². The first-order valence-corrected chi connectivity index (χ1v) is 4.51. The van der Waals surface area contributed by atoms with E-state index < -0.39 is 6.03 Å². The summed E-state index contributed by atoms with van der Waals surface area (Å²) < 4.78 is 0. The predicted molar refractivity (Wildman–Crippen MR) is 54.3 cm³/mol. The average molecular weight is 208 g/mol. The maximum Gasteiger partial charge on any atom is 0.330 e. The molecule has 0 spiro atoms. The zero-order valence-corrected chi connectivity index (χ0v) is 7.97. The SMILES string of the molecule is N#CSc1ccc(NNC(N)=O)cc1. The Labute approximate surface area is 85.2 Å². The smallest absolute Gasteiger partial charge is 0.330 e. The topological polar surface area (TPSA) is 90.9 Å². The fourth-order valence-corrected chi connectivity index (χ4v) is 1.17. The van der Waals surface area contributed by atoms with Crippen molar-refractivity contribution >= 4 is 23.5 Å². The highest BCUT2D eigenvalue weighted by atomic mass is 32.2. The van der Waals surface area contributed by atoms with E-state index in [1.54, 1.807) is 24.3 Å². The number of carbonyl (C=O) groups is 1. The van der Waals surface area contributed by atoms with Crippen LogP contribution in [0.3, 0.4) is 0 Å².